The number of nitrogens with one attached hydrogen (secondary N) is 2. The lowest BCUT2D eigenvalue weighted by molar-refractivity contribution is 0.373. The summed E-state index contributed by atoms with van der Waals surface area (Å²) in [5.74, 6) is 0.268. The van der Waals surface area contributed by atoms with Crippen molar-refractivity contribution in [3.8, 4) is 22.6 Å². The normalized spacial score (nSPS) is 11.9. The second-order valence-electron chi connectivity index (χ2n) is 7.48. The summed E-state index contributed by atoms with van der Waals surface area (Å²) >= 11 is 0. The number of nitrogens with zero attached hydrogens (tertiary/aromatic N) is 1. The molecule has 0 fully saturated rings. The maximum Gasteiger partial charge on any atom is 0.274 e. The number of hydrogen-bond donors (Lipinski definition) is 3. The SMILES string of the molecule is COc1cc(-c2c3oc4cc(=O)ccc4c3[nH]c3c2c(=O)[nH]n3C(C)C)ccc1O. The van der Waals surface area contributed by atoms with E-state index in [1.165, 1.54) is 25.3 Å². The van der Waals surface area contributed by atoms with E-state index in [4.69, 9.17) is 9.15 Å². The summed E-state index contributed by atoms with van der Waals surface area (Å²) in [6.45, 7) is 3.93. The number of methoxy groups -OCH3 is 1. The second kappa shape index (κ2) is 6.28. The van der Waals surface area contributed by atoms with Crippen LogP contribution in [0.3, 0.4) is 0 Å². The van der Waals surface area contributed by atoms with E-state index in [1.807, 2.05) is 13.8 Å². The van der Waals surface area contributed by atoms with Crippen LogP contribution in [-0.2, 0) is 0 Å². The molecule has 0 radical (unpaired) electrons. The molecule has 2 aromatic carbocycles. The molecule has 0 unspecified atom stereocenters. The molecule has 0 saturated heterocycles. The minimum atomic E-state index is -0.274. The summed E-state index contributed by atoms with van der Waals surface area (Å²) in [6, 6.07) is 9.47. The van der Waals surface area contributed by atoms with Crippen molar-refractivity contribution < 1.29 is 14.3 Å². The number of furan rings is 1. The minimum absolute atomic E-state index is 0.00230. The van der Waals surface area contributed by atoms with Gasteiger partial charge in [0.15, 0.2) is 22.5 Å². The zero-order chi connectivity index (χ0) is 21.2. The molecule has 3 N–H and O–H groups in total. The molecule has 0 amide bonds. The van der Waals surface area contributed by atoms with Gasteiger partial charge in [-0.15, -0.1) is 0 Å². The van der Waals surface area contributed by atoms with Gasteiger partial charge in [-0.25, -0.2) is 0 Å². The zero-order valence-electron chi connectivity index (χ0n) is 16.6. The predicted octanol–water partition coefficient (Wildman–Crippen LogP) is 3.88. The summed E-state index contributed by atoms with van der Waals surface area (Å²) in [4.78, 5) is 28.1. The van der Waals surface area contributed by atoms with E-state index in [1.54, 1.807) is 22.9 Å². The summed E-state index contributed by atoms with van der Waals surface area (Å²) < 4.78 is 13.1. The molecule has 0 aliphatic heterocycles. The Kier molecular flexibility index (Phi) is 3.79. The fourth-order valence-electron chi connectivity index (χ4n) is 3.91. The molecule has 8 heteroatoms. The Morgan fingerprint density at radius 2 is 1.93 bits per heavy atom. The maximum atomic E-state index is 13.0. The van der Waals surface area contributed by atoms with E-state index in [2.05, 4.69) is 10.1 Å². The Balaban J connectivity index is 2.03. The number of aromatic hydroxyl groups is 1. The van der Waals surface area contributed by atoms with Crippen molar-refractivity contribution in [1.29, 1.82) is 0 Å². The van der Waals surface area contributed by atoms with Crippen LogP contribution in [0.5, 0.6) is 11.5 Å². The molecule has 3 heterocycles. The number of aromatic nitrogens is 3. The highest BCUT2D eigenvalue weighted by Gasteiger charge is 2.23. The van der Waals surface area contributed by atoms with Gasteiger partial charge in [-0.05, 0) is 43.7 Å². The highest BCUT2D eigenvalue weighted by Crippen LogP contribution is 2.40. The van der Waals surface area contributed by atoms with E-state index in [-0.39, 0.29) is 28.5 Å². The first-order valence-corrected chi connectivity index (χ1v) is 9.49. The standard InChI is InChI=1S/C22H19N3O5/c1-10(2)25-21-18(22(28)24-25)17(11-4-7-14(27)16(8-11)29-3)20-19(23-21)13-6-5-12(26)9-15(13)30-20/h4-10,23,27H,1-3H3,(H,24,28). The molecule has 3 aromatic heterocycles. The number of rotatable bonds is 3. The Morgan fingerprint density at radius 3 is 2.67 bits per heavy atom. The number of H-pyrrole nitrogens is 2. The van der Waals surface area contributed by atoms with Crippen LogP contribution < -0.4 is 15.7 Å². The smallest absolute Gasteiger partial charge is 0.274 e. The molecule has 5 rings (SSSR count). The van der Waals surface area contributed by atoms with Crippen molar-refractivity contribution in [3.05, 3.63) is 57.0 Å². The first-order chi connectivity index (χ1) is 14.4. The number of benzene rings is 2. The van der Waals surface area contributed by atoms with E-state index in [0.29, 0.717) is 38.8 Å². The first kappa shape index (κ1) is 18.1. The molecule has 0 saturated carbocycles. The van der Waals surface area contributed by atoms with Gasteiger partial charge >= 0.3 is 0 Å². The maximum absolute atomic E-state index is 13.0. The van der Waals surface area contributed by atoms with Gasteiger partial charge in [0.05, 0.1) is 18.0 Å². The van der Waals surface area contributed by atoms with Crippen molar-refractivity contribution in [3.63, 3.8) is 0 Å². The van der Waals surface area contributed by atoms with Crippen LogP contribution in [0, 0.1) is 0 Å². The van der Waals surface area contributed by atoms with Crippen molar-refractivity contribution >= 4 is 33.1 Å². The zero-order valence-corrected chi connectivity index (χ0v) is 16.6. The number of pyridine rings is 1. The molecule has 30 heavy (non-hydrogen) atoms. The summed E-state index contributed by atoms with van der Waals surface area (Å²) in [5.41, 5.74) is 2.92. The van der Waals surface area contributed by atoms with E-state index < -0.39 is 0 Å². The topological polar surface area (TPSA) is 113 Å². The van der Waals surface area contributed by atoms with Crippen LogP contribution in [0.15, 0.2) is 50.4 Å². The van der Waals surface area contributed by atoms with Crippen LogP contribution in [0.2, 0.25) is 0 Å². The number of phenols is 1. The third-order valence-corrected chi connectivity index (χ3v) is 5.29. The van der Waals surface area contributed by atoms with Crippen LogP contribution in [0.1, 0.15) is 19.9 Å². The number of aromatic amines is 2. The molecule has 0 aliphatic rings. The van der Waals surface area contributed by atoms with Gasteiger partial charge in [0.25, 0.3) is 5.56 Å². The molecule has 152 valence electrons. The van der Waals surface area contributed by atoms with Crippen molar-refractivity contribution in [2.45, 2.75) is 19.9 Å². The van der Waals surface area contributed by atoms with Gasteiger partial charge in [-0.1, -0.05) is 6.07 Å². The first-order valence-electron chi connectivity index (χ1n) is 9.49. The van der Waals surface area contributed by atoms with E-state index in [9.17, 15) is 14.7 Å². The molecule has 0 bridgehead atoms. The van der Waals surface area contributed by atoms with Gasteiger partial charge < -0.3 is 19.2 Å². The summed E-state index contributed by atoms with van der Waals surface area (Å²) in [6.07, 6.45) is 0. The summed E-state index contributed by atoms with van der Waals surface area (Å²) in [7, 11) is 1.46. The van der Waals surface area contributed by atoms with Crippen LogP contribution in [0.4, 0.5) is 0 Å². The predicted molar refractivity (Wildman–Crippen MR) is 114 cm³/mol. The molecular weight excluding hydrogens is 386 g/mol. The largest absolute Gasteiger partial charge is 0.504 e. The van der Waals surface area contributed by atoms with Crippen LogP contribution in [0.25, 0.3) is 44.2 Å². The Morgan fingerprint density at radius 1 is 1.13 bits per heavy atom. The monoisotopic (exact) mass is 405 g/mol. The van der Waals surface area contributed by atoms with E-state index >= 15 is 0 Å². The average molecular weight is 405 g/mol. The minimum Gasteiger partial charge on any atom is -0.504 e. The lowest BCUT2D eigenvalue weighted by atomic mass is 10.0. The van der Waals surface area contributed by atoms with Crippen molar-refractivity contribution in [2.24, 2.45) is 0 Å². The Bertz CT molecular complexity index is 1570. The second-order valence-corrected chi connectivity index (χ2v) is 7.48. The molecule has 0 spiro atoms. The van der Waals surface area contributed by atoms with Crippen molar-refractivity contribution in [1.82, 2.24) is 14.8 Å². The Hall–Kier alpha value is -3.94. The highest BCUT2D eigenvalue weighted by atomic mass is 16.5. The number of phenolic OH excluding ortho intramolecular Hbond substituents is 1. The third-order valence-electron chi connectivity index (χ3n) is 5.29. The van der Waals surface area contributed by atoms with Gasteiger partial charge in [-0.2, -0.15) is 0 Å². The lowest BCUT2D eigenvalue weighted by Crippen LogP contribution is -2.07. The van der Waals surface area contributed by atoms with Gasteiger partial charge in [0.1, 0.15) is 11.2 Å². The molecule has 0 atom stereocenters. The fraction of sp³-hybridized carbons (Fsp3) is 0.182. The van der Waals surface area contributed by atoms with Gasteiger partial charge in [0, 0.05) is 23.1 Å². The molecule has 8 nitrogen and oxygen atoms in total. The summed E-state index contributed by atoms with van der Waals surface area (Å²) in [5, 5.41) is 14.1. The average Bonchev–Trinajstić information content (AvgIpc) is 3.24. The Labute approximate surface area is 169 Å². The molecule has 0 aliphatic carbocycles. The van der Waals surface area contributed by atoms with Gasteiger partial charge in [-0.3, -0.25) is 19.4 Å². The van der Waals surface area contributed by atoms with E-state index in [0.717, 1.165) is 5.39 Å². The quantitative estimate of drug-likeness (QED) is 0.422. The lowest BCUT2D eigenvalue weighted by Gasteiger charge is -2.11. The van der Waals surface area contributed by atoms with Crippen molar-refractivity contribution in [2.75, 3.05) is 7.11 Å². The van der Waals surface area contributed by atoms with Gasteiger partial charge in [0.2, 0.25) is 0 Å². The van der Waals surface area contributed by atoms with Crippen LogP contribution in [-0.4, -0.2) is 27.0 Å². The number of ether oxygens (including phenoxy) is 1. The van der Waals surface area contributed by atoms with Crippen LogP contribution >= 0.6 is 0 Å². The number of fused-ring (bicyclic) bond motifs is 4. The highest BCUT2D eigenvalue weighted by molar-refractivity contribution is 6.14. The molecule has 5 aromatic rings. The number of hydrogen-bond acceptors (Lipinski definition) is 5. The molecular formula is C22H19N3O5. The fourth-order valence-corrected chi connectivity index (χ4v) is 3.91. The third kappa shape index (κ3) is 2.46.